The highest BCUT2D eigenvalue weighted by molar-refractivity contribution is 6.11. The number of carbonyl (C=O) groups is 2. The molecule has 0 saturated heterocycles. The van der Waals surface area contributed by atoms with Crippen LogP contribution < -0.4 is 11.0 Å². The standard InChI is InChI=1S/C28H24N6O5/c1-2-39-26(35)22-8-5-9-23-24(22)34(28(37)30-23)16-18-10-12-19(13-11-18)20-6-3-4-7-21(20)25(32-38)31-27(36)33-15-14-29-17-33/h3-15,17,38H,2,16H2,1H3,(H,30,37)(H,31,32,36). The zero-order valence-corrected chi connectivity index (χ0v) is 20.9. The molecule has 0 unspecified atom stereocenters. The van der Waals surface area contributed by atoms with E-state index in [1.807, 2.05) is 36.4 Å². The fourth-order valence-corrected chi connectivity index (χ4v) is 4.35. The predicted octanol–water partition coefficient (Wildman–Crippen LogP) is 3.81. The molecule has 5 aromatic rings. The van der Waals surface area contributed by atoms with E-state index in [1.165, 1.54) is 27.9 Å². The first-order valence-electron chi connectivity index (χ1n) is 12.1. The van der Waals surface area contributed by atoms with Gasteiger partial charge in [-0.15, -0.1) is 0 Å². The van der Waals surface area contributed by atoms with Crippen LogP contribution in [0.2, 0.25) is 0 Å². The number of esters is 1. The maximum Gasteiger partial charge on any atom is 0.340 e. The molecule has 196 valence electrons. The van der Waals surface area contributed by atoms with Gasteiger partial charge in [0.15, 0.2) is 5.84 Å². The van der Waals surface area contributed by atoms with Gasteiger partial charge in [-0.2, -0.15) is 0 Å². The van der Waals surface area contributed by atoms with Gasteiger partial charge >= 0.3 is 17.7 Å². The Morgan fingerprint density at radius 3 is 2.54 bits per heavy atom. The summed E-state index contributed by atoms with van der Waals surface area (Å²) in [5, 5.41) is 15.6. The summed E-state index contributed by atoms with van der Waals surface area (Å²) in [5.74, 6) is -0.519. The van der Waals surface area contributed by atoms with Crippen molar-refractivity contribution in [3.8, 4) is 11.1 Å². The minimum atomic E-state index is -0.531. The van der Waals surface area contributed by atoms with Crippen molar-refractivity contribution in [3.05, 3.63) is 113 Å². The number of oxime groups is 1. The average molecular weight is 525 g/mol. The summed E-state index contributed by atoms with van der Waals surface area (Å²) < 4.78 is 7.91. The Morgan fingerprint density at radius 1 is 1.05 bits per heavy atom. The van der Waals surface area contributed by atoms with Crippen molar-refractivity contribution in [2.75, 3.05) is 6.61 Å². The minimum Gasteiger partial charge on any atom is -0.462 e. The molecule has 3 aromatic carbocycles. The van der Waals surface area contributed by atoms with Gasteiger partial charge < -0.3 is 14.9 Å². The number of carbonyl (C=O) groups excluding carboxylic acids is 2. The van der Waals surface area contributed by atoms with Crippen LogP contribution >= 0.6 is 0 Å². The molecule has 0 bridgehead atoms. The lowest BCUT2D eigenvalue weighted by Gasteiger charge is -2.13. The lowest BCUT2D eigenvalue weighted by Crippen LogP contribution is -2.34. The van der Waals surface area contributed by atoms with Gasteiger partial charge in [-0.3, -0.25) is 14.5 Å². The molecule has 0 fully saturated rings. The molecule has 11 nitrogen and oxygen atoms in total. The normalized spacial score (nSPS) is 11.5. The van der Waals surface area contributed by atoms with Gasteiger partial charge in [0.05, 0.1) is 29.7 Å². The van der Waals surface area contributed by atoms with Gasteiger partial charge in [-0.1, -0.05) is 59.8 Å². The smallest absolute Gasteiger partial charge is 0.340 e. The number of hydrogen-bond donors (Lipinski definition) is 3. The molecule has 3 N–H and O–H groups in total. The monoisotopic (exact) mass is 524 g/mol. The molecule has 1 amide bonds. The van der Waals surface area contributed by atoms with Gasteiger partial charge in [-0.25, -0.2) is 19.4 Å². The summed E-state index contributed by atoms with van der Waals surface area (Å²) in [6, 6.07) is 19.2. The SMILES string of the molecule is CCOC(=O)c1cccc2[nH]c(=O)n(Cc3ccc(-c4ccccc4/C(=N/O)NC(=O)n4ccnc4)cc3)c12. The number of para-hydroxylation sites is 1. The second kappa shape index (κ2) is 10.9. The van der Waals surface area contributed by atoms with E-state index in [0.717, 1.165) is 16.7 Å². The number of nitrogens with one attached hydrogen (secondary N) is 2. The zero-order valence-electron chi connectivity index (χ0n) is 20.9. The van der Waals surface area contributed by atoms with Gasteiger partial charge in [0.1, 0.15) is 6.33 Å². The lowest BCUT2D eigenvalue weighted by molar-refractivity contribution is 0.0528. The van der Waals surface area contributed by atoms with Crippen molar-refractivity contribution >= 4 is 28.9 Å². The number of amides is 1. The molecule has 0 spiro atoms. The van der Waals surface area contributed by atoms with Gasteiger partial charge in [-0.05, 0) is 35.7 Å². The first-order valence-corrected chi connectivity index (χ1v) is 12.1. The van der Waals surface area contributed by atoms with E-state index in [1.54, 1.807) is 37.3 Å². The van der Waals surface area contributed by atoms with Crippen molar-refractivity contribution in [2.24, 2.45) is 5.16 Å². The van der Waals surface area contributed by atoms with Crippen molar-refractivity contribution in [1.29, 1.82) is 0 Å². The molecule has 39 heavy (non-hydrogen) atoms. The van der Waals surface area contributed by atoms with E-state index >= 15 is 0 Å². The van der Waals surface area contributed by atoms with Crippen molar-refractivity contribution in [2.45, 2.75) is 13.5 Å². The summed E-state index contributed by atoms with van der Waals surface area (Å²) in [5.41, 5.74) is 3.84. The molecule has 2 heterocycles. The summed E-state index contributed by atoms with van der Waals surface area (Å²) in [7, 11) is 0. The fourth-order valence-electron chi connectivity index (χ4n) is 4.35. The average Bonchev–Trinajstić information content (AvgIpc) is 3.61. The third-order valence-corrected chi connectivity index (χ3v) is 6.14. The Balaban J connectivity index is 1.44. The number of fused-ring (bicyclic) bond motifs is 1. The largest absolute Gasteiger partial charge is 0.462 e. The fraction of sp³-hybridized carbons (Fsp3) is 0.107. The number of benzene rings is 3. The third kappa shape index (κ3) is 5.05. The minimum absolute atomic E-state index is 0.0229. The predicted molar refractivity (Wildman–Crippen MR) is 144 cm³/mol. The molecule has 0 atom stereocenters. The van der Waals surface area contributed by atoms with E-state index in [4.69, 9.17) is 4.74 Å². The quantitative estimate of drug-likeness (QED) is 0.101. The molecule has 0 radical (unpaired) electrons. The topological polar surface area (TPSA) is 144 Å². The van der Waals surface area contributed by atoms with Crippen molar-refractivity contribution in [1.82, 2.24) is 24.4 Å². The third-order valence-electron chi connectivity index (χ3n) is 6.14. The van der Waals surface area contributed by atoms with E-state index in [-0.39, 0.29) is 24.7 Å². The molecular formula is C28H24N6O5. The molecule has 0 aliphatic heterocycles. The van der Waals surface area contributed by atoms with E-state index < -0.39 is 12.0 Å². The highest BCUT2D eigenvalue weighted by Gasteiger charge is 2.18. The highest BCUT2D eigenvalue weighted by Crippen LogP contribution is 2.25. The number of nitrogens with zero attached hydrogens (tertiary/aromatic N) is 4. The van der Waals surface area contributed by atoms with Crippen molar-refractivity contribution < 1.29 is 19.5 Å². The van der Waals surface area contributed by atoms with Crippen LogP contribution in [0.3, 0.4) is 0 Å². The number of rotatable bonds is 6. The molecule has 5 rings (SSSR count). The van der Waals surface area contributed by atoms with Crippen LogP contribution in [0.25, 0.3) is 22.2 Å². The molecule has 0 aliphatic rings. The number of ether oxygens (including phenoxy) is 1. The van der Waals surface area contributed by atoms with Crippen LogP contribution in [0.15, 0.2) is 95.4 Å². The molecule has 11 heteroatoms. The number of imidazole rings is 2. The highest BCUT2D eigenvalue weighted by atomic mass is 16.5. The van der Waals surface area contributed by atoms with Crippen LogP contribution in [0.1, 0.15) is 28.4 Å². The maximum atomic E-state index is 12.8. The summed E-state index contributed by atoms with van der Waals surface area (Å²) in [4.78, 5) is 44.4. The molecule has 2 aromatic heterocycles. The van der Waals surface area contributed by atoms with Crippen LogP contribution in [0.4, 0.5) is 4.79 Å². The zero-order chi connectivity index (χ0) is 27.4. The van der Waals surface area contributed by atoms with Crippen LogP contribution in [-0.4, -0.2) is 48.8 Å². The first kappa shape index (κ1) is 25.2. The number of hydrogen-bond acceptors (Lipinski definition) is 7. The Labute approximate surface area is 222 Å². The summed E-state index contributed by atoms with van der Waals surface area (Å²) in [6.45, 7) is 2.18. The lowest BCUT2D eigenvalue weighted by atomic mass is 9.98. The Bertz CT molecular complexity index is 1730. The summed E-state index contributed by atoms with van der Waals surface area (Å²) in [6.07, 6.45) is 4.28. The van der Waals surface area contributed by atoms with Gasteiger partial charge in [0.2, 0.25) is 0 Å². The van der Waals surface area contributed by atoms with E-state index in [0.29, 0.717) is 22.2 Å². The van der Waals surface area contributed by atoms with Crippen LogP contribution in [0.5, 0.6) is 0 Å². The molecular weight excluding hydrogens is 500 g/mol. The van der Waals surface area contributed by atoms with Crippen LogP contribution in [-0.2, 0) is 11.3 Å². The first-order chi connectivity index (χ1) is 19.0. The van der Waals surface area contributed by atoms with Crippen molar-refractivity contribution in [3.63, 3.8) is 0 Å². The maximum absolute atomic E-state index is 12.8. The van der Waals surface area contributed by atoms with Crippen LogP contribution in [0, 0.1) is 0 Å². The van der Waals surface area contributed by atoms with E-state index in [9.17, 15) is 19.6 Å². The van der Waals surface area contributed by atoms with E-state index in [2.05, 4.69) is 20.4 Å². The number of aromatic amines is 1. The molecule has 0 saturated carbocycles. The Morgan fingerprint density at radius 2 is 1.82 bits per heavy atom. The number of H-pyrrole nitrogens is 1. The summed E-state index contributed by atoms with van der Waals surface area (Å²) >= 11 is 0. The number of aromatic nitrogens is 4. The molecule has 0 aliphatic carbocycles. The Kier molecular flexibility index (Phi) is 7.04. The number of amidine groups is 1. The second-order valence-corrected chi connectivity index (χ2v) is 8.53. The van der Waals surface area contributed by atoms with Gasteiger partial charge in [0.25, 0.3) is 0 Å². The second-order valence-electron chi connectivity index (χ2n) is 8.53. The van der Waals surface area contributed by atoms with Gasteiger partial charge in [0, 0.05) is 18.0 Å². The Hall–Kier alpha value is -5.45.